The molecule has 1 aromatic heterocycles. The number of halogens is 1. The molecule has 0 aliphatic rings. The van der Waals surface area contributed by atoms with Gasteiger partial charge in [-0.2, -0.15) is 0 Å². The number of ether oxygens (including phenoxy) is 2. The first-order chi connectivity index (χ1) is 10.1. The van der Waals surface area contributed by atoms with Crippen LogP contribution >= 0.6 is 0 Å². The zero-order chi connectivity index (χ0) is 15.4. The summed E-state index contributed by atoms with van der Waals surface area (Å²) in [6.45, 7) is 1.77. The number of nitrogens with zero attached hydrogens (tertiary/aromatic N) is 2. The number of benzene rings is 1. The van der Waals surface area contributed by atoms with E-state index in [9.17, 15) is 14.0 Å². The highest BCUT2D eigenvalue weighted by Crippen LogP contribution is 2.14. The molecule has 0 N–H and O–H groups in total. The molecule has 0 atom stereocenters. The Morgan fingerprint density at radius 2 is 2.00 bits per heavy atom. The molecule has 0 saturated carbocycles. The van der Waals surface area contributed by atoms with E-state index in [0.29, 0.717) is 5.69 Å². The van der Waals surface area contributed by atoms with Crippen molar-refractivity contribution < 1.29 is 18.7 Å². The second-order valence-corrected chi connectivity index (χ2v) is 4.00. The molecule has 0 saturated heterocycles. The van der Waals surface area contributed by atoms with Crippen molar-refractivity contribution in [2.75, 3.05) is 13.7 Å². The van der Waals surface area contributed by atoms with E-state index < -0.39 is 17.3 Å². The maximum absolute atomic E-state index is 13.0. The van der Waals surface area contributed by atoms with Crippen LogP contribution in [0.15, 0.2) is 35.3 Å². The lowest BCUT2D eigenvalue weighted by Gasteiger charge is -2.11. The smallest absolute Gasteiger partial charge is 0.345 e. The Morgan fingerprint density at radius 3 is 2.57 bits per heavy atom. The van der Waals surface area contributed by atoms with E-state index in [1.54, 1.807) is 6.92 Å². The third-order valence-electron chi connectivity index (χ3n) is 2.69. The fourth-order valence-electron chi connectivity index (χ4n) is 1.75. The molecule has 0 amide bonds. The molecule has 0 aliphatic heterocycles. The fourth-order valence-corrected chi connectivity index (χ4v) is 1.75. The molecular weight excluding hydrogens is 279 g/mol. The number of methoxy groups -OCH3 is 1. The van der Waals surface area contributed by atoms with Gasteiger partial charge in [-0.3, -0.25) is 4.79 Å². The molecule has 1 aromatic carbocycles. The first-order valence-corrected chi connectivity index (χ1v) is 6.17. The van der Waals surface area contributed by atoms with Crippen molar-refractivity contribution in [3.8, 4) is 11.7 Å². The number of esters is 1. The number of rotatable bonds is 4. The van der Waals surface area contributed by atoms with Crippen LogP contribution in [-0.2, 0) is 4.74 Å². The van der Waals surface area contributed by atoms with Crippen LogP contribution in [0.1, 0.15) is 17.3 Å². The lowest BCUT2D eigenvalue weighted by atomic mass is 10.3. The highest BCUT2D eigenvalue weighted by Gasteiger charge is 2.18. The zero-order valence-corrected chi connectivity index (χ0v) is 11.5. The highest BCUT2D eigenvalue weighted by molar-refractivity contribution is 5.88. The van der Waals surface area contributed by atoms with Gasteiger partial charge in [-0.25, -0.2) is 18.7 Å². The lowest BCUT2D eigenvalue weighted by Crippen LogP contribution is -2.28. The average molecular weight is 292 g/mol. The van der Waals surface area contributed by atoms with Gasteiger partial charge in [-0.1, -0.05) is 0 Å². The molecule has 0 fully saturated rings. The minimum absolute atomic E-state index is 0.0142. The van der Waals surface area contributed by atoms with Crippen LogP contribution in [0.3, 0.4) is 0 Å². The average Bonchev–Trinajstić information content (AvgIpc) is 2.48. The molecule has 21 heavy (non-hydrogen) atoms. The Balaban J connectivity index is 2.62. The third-order valence-corrected chi connectivity index (χ3v) is 2.69. The second kappa shape index (κ2) is 6.17. The summed E-state index contributed by atoms with van der Waals surface area (Å²) in [4.78, 5) is 28.0. The molecule has 2 rings (SSSR count). The summed E-state index contributed by atoms with van der Waals surface area (Å²) < 4.78 is 23.9. The predicted molar refractivity (Wildman–Crippen MR) is 72.3 cm³/mol. The van der Waals surface area contributed by atoms with Crippen molar-refractivity contribution in [2.45, 2.75) is 6.92 Å². The van der Waals surface area contributed by atoms with Crippen LogP contribution < -0.4 is 10.3 Å². The lowest BCUT2D eigenvalue weighted by molar-refractivity contribution is 0.0523. The van der Waals surface area contributed by atoms with E-state index in [4.69, 9.17) is 9.47 Å². The van der Waals surface area contributed by atoms with Crippen molar-refractivity contribution in [3.63, 3.8) is 0 Å². The van der Waals surface area contributed by atoms with Crippen molar-refractivity contribution in [2.24, 2.45) is 0 Å². The summed E-state index contributed by atoms with van der Waals surface area (Å²) in [5, 5.41) is 0. The molecule has 0 aliphatic carbocycles. The van der Waals surface area contributed by atoms with E-state index >= 15 is 0 Å². The van der Waals surface area contributed by atoms with Gasteiger partial charge < -0.3 is 9.47 Å². The minimum atomic E-state index is -0.770. The predicted octanol–water partition coefficient (Wildman–Crippen LogP) is 1.56. The molecule has 0 unspecified atom stereocenters. The summed E-state index contributed by atoms with van der Waals surface area (Å²) in [6, 6.07) is 5.14. The molecule has 0 bridgehead atoms. The number of aromatic nitrogens is 2. The molecule has 6 nitrogen and oxygen atoms in total. The van der Waals surface area contributed by atoms with Crippen molar-refractivity contribution in [1.82, 2.24) is 9.55 Å². The normalized spacial score (nSPS) is 10.2. The molecular formula is C14H13FN2O4. The van der Waals surface area contributed by atoms with Crippen LogP contribution in [0.5, 0.6) is 6.01 Å². The second-order valence-electron chi connectivity index (χ2n) is 4.00. The Bertz CT molecular complexity index is 710. The van der Waals surface area contributed by atoms with Crippen LogP contribution in [0.25, 0.3) is 5.69 Å². The van der Waals surface area contributed by atoms with Crippen molar-refractivity contribution in [1.29, 1.82) is 0 Å². The Labute approximate surface area is 119 Å². The van der Waals surface area contributed by atoms with Crippen LogP contribution in [0.4, 0.5) is 4.39 Å². The number of hydrogen-bond acceptors (Lipinski definition) is 5. The van der Waals surface area contributed by atoms with Gasteiger partial charge in [0.05, 0.1) is 25.6 Å². The topological polar surface area (TPSA) is 70.4 Å². The van der Waals surface area contributed by atoms with E-state index in [2.05, 4.69) is 4.98 Å². The van der Waals surface area contributed by atoms with E-state index in [-0.39, 0.29) is 18.2 Å². The van der Waals surface area contributed by atoms with Crippen LogP contribution in [-0.4, -0.2) is 29.2 Å². The summed E-state index contributed by atoms with van der Waals surface area (Å²) in [6.07, 6.45) is 1.10. The largest absolute Gasteiger partial charge is 0.468 e. The summed E-state index contributed by atoms with van der Waals surface area (Å²) in [7, 11) is 1.34. The fraction of sp³-hybridized carbons (Fsp3) is 0.214. The number of carbonyl (C=O) groups is 1. The van der Waals surface area contributed by atoms with Gasteiger partial charge in [0, 0.05) is 0 Å². The van der Waals surface area contributed by atoms with Gasteiger partial charge in [0.15, 0.2) is 0 Å². The Hall–Kier alpha value is -2.70. The first-order valence-electron chi connectivity index (χ1n) is 6.17. The monoisotopic (exact) mass is 292 g/mol. The summed E-state index contributed by atoms with van der Waals surface area (Å²) in [5.41, 5.74) is -0.536. The van der Waals surface area contributed by atoms with Crippen molar-refractivity contribution >= 4 is 5.97 Å². The Kier molecular flexibility index (Phi) is 4.32. The molecule has 0 spiro atoms. The van der Waals surface area contributed by atoms with Crippen molar-refractivity contribution in [3.05, 3.63) is 52.2 Å². The van der Waals surface area contributed by atoms with Gasteiger partial charge in [-0.15, -0.1) is 0 Å². The molecule has 7 heteroatoms. The summed E-state index contributed by atoms with van der Waals surface area (Å²) in [5.74, 6) is -1.21. The van der Waals surface area contributed by atoms with E-state index in [1.165, 1.54) is 31.4 Å². The maximum atomic E-state index is 13.0. The highest BCUT2D eigenvalue weighted by atomic mass is 19.1. The molecule has 2 aromatic rings. The summed E-state index contributed by atoms with van der Waals surface area (Å²) >= 11 is 0. The van der Waals surface area contributed by atoms with Gasteiger partial charge in [0.1, 0.15) is 11.4 Å². The van der Waals surface area contributed by atoms with Gasteiger partial charge >= 0.3 is 12.0 Å². The number of hydrogen-bond donors (Lipinski definition) is 0. The first kappa shape index (κ1) is 14.7. The third kappa shape index (κ3) is 2.91. The zero-order valence-electron chi connectivity index (χ0n) is 11.5. The minimum Gasteiger partial charge on any atom is -0.468 e. The van der Waals surface area contributed by atoms with Gasteiger partial charge in [0.2, 0.25) is 0 Å². The van der Waals surface area contributed by atoms with Crippen LogP contribution in [0.2, 0.25) is 0 Å². The molecule has 1 heterocycles. The van der Waals surface area contributed by atoms with Gasteiger partial charge in [0.25, 0.3) is 5.56 Å². The van der Waals surface area contributed by atoms with Gasteiger partial charge in [-0.05, 0) is 31.2 Å². The van der Waals surface area contributed by atoms with Crippen LogP contribution in [0, 0.1) is 5.82 Å². The standard InChI is InChI=1S/C14H13FN2O4/c1-3-21-13(19)11-8-16-14(20-2)17(12(11)18)10-6-4-9(15)5-7-10/h4-8H,3H2,1-2H3. The number of carbonyl (C=O) groups excluding carboxylic acids is 1. The maximum Gasteiger partial charge on any atom is 0.345 e. The Morgan fingerprint density at radius 1 is 1.33 bits per heavy atom. The SMILES string of the molecule is CCOC(=O)c1cnc(OC)n(-c2ccc(F)cc2)c1=O. The quantitative estimate of drug-likeness (QED) is 0.800. The van der Waals surface area contributed by atoms with E-state index in [1.807, 2.05) is 0 Å². The molecule has 110 valence electrons. The van der Waals surface area contributed by atoms with E-state index in [0.717, 1.165) is 10.8 Å². The molecule has 0 radical (unpaired) electrons.